The summed E-state index contributed by atoms with van der Waals surface area (Å²) in [5.41, 5.74) is 0.566. The van der Waals surface area contributed by atoms with Gasteiger partial charge in [-0.15, -0.1) is 0 Å². The van der Waals surface area contributed by atoms with Crippen LogP contribution in [-0.2, 0) is 7.05 Å². The minimum atomic E-state index is -0.241. The predicted octanol–water partition coefficient (Wildman–Crippen LogP) is 1.47. The summed E-state index contributed by atoms with van der Waals surface area (Å²) in [6.07, 6.45) is 8.81. The van der Waals surface area contributed by atoms with Gasteiger partial charge >= 0.3 is 0 Å². The van der Waals surface area contributed by atoms with Crippen LogP contribution in [0, 0.1) is 0 Å². The molecule has 0 amide bonds. The maximum absolute atomic E-state index is 9.75. The van der Waals surface area contributed by atoms with Crippen molar-refractivity contribution in [2.75, 3.05) is 11.9 Å². The molecule has 1 saturated carbocycles. The van der Waals surface area contributed by atoms with Gasteiger partial charge in [0.25, 0.3) is 0 Å². The molecule has 0 aromatic carbocycles. The van der Waals surface area contributed by atoms with Crippen LogP contribution < -0.4 is 5.32 Å². The van der Waals surface area contributed by atoms with E-state index in [1.54, 1.807) is 17.2 Å². The summed E-state index contributed by atoms with van der Waals surface area (Å²) >= 11 is 0. The zero-order valence-electron chi connectivity index (χ0n) is 11.1. The zero-order chi connectivity index (χ0) is 13.3. The molecular weight excluding hydrogens is 242 g/mol. The molecule has 2 N–H and O–H groups in total. The summed E-state index contributed by atoms with van der Waals surface area (Å²) in [6, 6.07) is 0. The zero-order valence-corrected chi connectivity index (χ0v) is 11.1. The molecule has 0 radical (unpaired) electrons. The van der Waals surface area contributed by atoms with Gasteiger partial charge in [-0.25, -0.2) is 9.97 Å². The van der Waals surface area contributed by atoms with Crippen molar-refractivity contribution in [2.24, 2.45) is 7.05 Å². The lowest BCUT2D eigenvalue weighted by atomic mass is 9.82. The summed E-state index contributed by atoms with van der Waals surface area (Å²) < 4.78 is 1.73. The predicted molar refractivity (Wildman–Crippen MR) is 72.8 cm³/mol. The summed E-state index contributed by atoms with van der Waals surface area (Å²) in [5, 5.41) is 18.3. The first-order chi connectivity index (χ1) is 9.24. The van der Waals surface area contributed by atoms with Crippen LogP contribution in [0.2, 0.25) is 0 Å². The van der Waals surface area contributed by atoms with E-state index in [0.717, 1.165) is 42.5 Å². The highest BCUT2D eigenvalue weighted by Crippen LogP contribution is 2.32. The smallest absolute Gasteiger partial charge is 0.163 e. The fourth-order valence-corrected chi connectivity index (χ4v) is 2.86. The number of nitrogens with zero attached hydrogens (tertiary/aromatic N) is 4. The van der Waals surface area contributed by atoms with Crippen molar-refractivity contribution in [3.8, 4) is 0 Å². The van der Waals surface area contributed by atoms with E-state index in [1.807, 2.05) is 7.05 Å². The Morgan fingerprint density at radius 3 is 2.84 bits per heavy atom. The Morgan fingerprint density at radius 2 is 2.11 bits per heavy atom. The van der Waals surface area contributed by atoms with Crippen LogP contribution in [0.3, 0.4) is 0 Å². The third kappa shape index (κ3) is 2.16. The molecule has 0 saturated heterocycles. The molecule has 1 aliphatic rings. The van der Waals surface area contributed by atoms with Crippen LogP contribution >= 0.6 is 0 Å². The molecule has 6 nitrogen and oxygen atoms in total. The first-order valence-corrected chi connectivity index (χ1v) is 6.76. The van der Waals surface area contributed by atoms with Crippen molar-refractivity contribution in [2.45, 2.75) is 37.6 Å². The lowest BCUT2D eigenvalue weighted by molar-refractivity contribution is 0.172. The number of aryl methyl sites for hydroxylation is 1. The van der Waals surface area contributed by atoms with Gasteiger partial charge in [-0.2, -0.15) is 5.10 Å². The average molecular weight is 261 g/mol. The summed E-state index contributed by atoms with van der Waals surface area (Å²) in [4.78, 5) is 8.55. The Kier molecular flexibility index (Phi) is 3.10. The summed E-state index contributed by atoms with van der Waals surface area (Å²) in [7, 11) is 1.86. The second-order valence-electron chi connectivity index (χ2n) is 5.35. The van der Waals surface area contributed by atoms with E-state index < -0.39 is 0 Å². The van der Waals surface area contributed by atoms with Gasteiger partial charge in [-0.3, -0.25) is 4.68 Å². The van der Waals surface area contributed by atoms with Crippen LogP contribution in [0.4, 0.5) is 5.82 Å². The van der Waals surface area contributed by atoms with Crippen molar-refractivity contribution in [3.05, 3.63) is 12.5 Å². The molecule has 0 unspecified atom stereocenters. The number of nitrogens with one attached hydrogen (secondary N) is 1. The molecule has 2 heterocycles. The number of aromatic nitrogens is 4. The van der Waals surface area contributed by atoms with Crippen LogP contribution in [0.1, 0.15) is 32.1 Å². The Morgan fingerprint density at radius 1 is 1.32 bits per heavy atom. The van der Waals surface area contributed by atoms with Gasteiger partial charge < -0.3 is 10.4 Å². The Bertz CT molecular complexity index is 573. The third-order valence-corrected chi connectivity index (χ3v) is 4.03. The largest absolute Gasteiger partial charge is 0.394 e. The van der Waals surface area contributed by atoms with E-state index >= 15 is 0 Å². The Hall–Kier alpha value is -1.69. The molecule has 0 spiro atoms. The fourth-order valence-electron chi connectivity index (χ4n) is 2.86. The van der Waals surface area contributed by atoms with Crippen LogP contribution in [0.5, 0.6) is 0 Å². The van der Waals surface area contributed by atoms with Gasteiger partial charge in [0.05, 0.1) is 23.7 Å². The molecule has 19 heavy (non-hydrogen) atoms. The van der Waals surface area contributed by atoms with Crippen LogP contribution in [-0.4, -0.2) is 37.0 Å². The van der Waals surface area contributed by atoms with E-state index in [1.165, 1.54) is 6.42 Å². The van der Waals surface area contributed by atoms with Gasteiger partial charge in [0.15, 0.2) is 5.65 Å². The normalized spacial score (nSPS) is 18.6. The van der Waals surface area contributed by atoms with E-state index in [4.69, 9.17) is 0 Å². The van der Waals surface area contributed by atoms with Crippen molar-refractivity contribution in [1.29, 1.82) is 0 Å². The molecule has 3 rings (SSSR count). The fraction of sp³-hybridized carbons (Fsp3) is 0.615. The first-order valence-electron chi connectivity index (χ1n) is 6.76. The number of anilines is 1. The molecule has 1 fully saturated rings. The Labute approximate surface area is 111 Å². The first kappa shape index (κ1) is 12.3. The maximum Gasteiger partial charge on any atom is 0.163 e. The van der Waals surface area contributed by atoms with E-state index in [2.05, 4.69) is 20.4 Å². The average Bonchev–Trinajstić information content (AvgIpc) is 2.83. The van der Waals surface area contributed by atoms with E-state index in [9.17, 15) is 5.11 Å². The van der Waals surface area contributed by atoms with Gasteiger partial charge in [-0.05, 0) is 12.8 Å². The molecule has 0 aliphatic heterocycles. The third-order valence-electron chi connectivity index (χ3n) is 4.03. The summed E-state index contributed by atoms with van der Waals surface area (Å²) in [6.45, 7) is 0.138. The van der Waals surface area contributed by atoms with Gasteiger partial charge in [0.2, 0.25) is 0 Å². The monoisotopic (exact) mass is 261 g/mol. The number of aliphatic hydroxyl groups is 1. The topological polar surface area (TPSA) is 75.9 Å². The summed E-state index contributed by atoms with van der Waals surface area (Å²) in [5.74, 6) is 0.772. The number of aliphatic hydroxyl groups excluding tert-OH is 1. The quantitative estimate of drug-likeness (QED) is 0.875. The highest BCUT2D eigenvalue weighted by molar-refractivity contribution is 5.86. The maximum atomic E-state index is 9.75. The molecular formula is C13H19N5O. The number of fused-ring (bicyclic) bond motifs is 1. The standard InChI is InChI=1S/C13H19N5O/c1-18-12-10(7-16-18)11(14-9-15-12)17-13(8-19)5-3-2-4-6-13/h7,9,19H,2-6,8H2,1H3,(H,14,15,17). The van der Waals surface area contributed by atoms with Gasteiger partial charge in [0.1, 0.15) is 12.1 Å². The molecule has 0 atom stereocenters. The minimum Gasteiger partial charge on any atom is -0.394 e. The van der Waals surface area contributed by atoms with Crippen LogP contribution in [0.25, 0.3) is 11.0 Å². The number of hydrogen-bond acceptors (Lipinski definition) is 5. The van der Waals surface area contributed by atoms with Gasteiger partial charge in [0, 0.05) is 7.05 Å². The molecule has 0 bridgehead atoms. The minimum absolute atomic E-state index is 0.138. The number of hydrogen-bond donors (Lipinski definition) is 2. The SMILES string of the molecule is Cn1ncc2c(NC3(CO)CCCCC3)ncnc21. The Balaban J connectivity index is 1.95. The highest BCUT2D eigenvalue weighted by Gasteiger charge is 2.32. The van der Waals surface area contributed by atoms with Gasteiger partial charge in [-0.1, -0.05) is 19.3 Å². The van der Waals surface area contributed by atoms with Crippen molar-refractivity contribution < 1.29 is 5.11 Å². The lowest BCUT2D eigenvalue weighted by Gasteiger charge is -2.37. The number of rotatable bonds is 3. The van der Waals surface area contributed by atoms with Crippen molar-refractivity contribution in [1.82, 2.24) is 19.7 Å². The molecule has 2 aromatic rings. The van der Waals surface area contributed by atoms with Crippen molar-refractivity contribution in [3.63, 3.8) is 0 Å². The molecule has 6 heteroatoms. The van der Waals surface area contributed by atoms with Crippen molar-refractivity contribution >= 4 is 16.9 Å². The second-order valence-corrected chi connectivity index (χ2v) is 5.35. The van der Waals surface area contributed by atoms with Crippen LogP contribution in [0.15, 0.2) is 12.5 Å². The molecule has 102 valence electrons. The second kappa shape index (κ2) is 4.77. The van der Waals surface area contributed by atoms with E-state index in [-0.39, 0.29) is 12.1 Å². The lowest BCUT2D eigenvalue weighted by Crippen LogP contribution is -2.44. The molecule has 2 aromatic heterocycles. The molecule has 1 aliphatic carbocycles. The highest BCUT2D eigenvalue weighted by atomic mass is 16.3. The van der Waals surface area contributed by atoms with E-state index in [0.29, 0.717) is 0 Å².